The molecule has 0 spiro atoms. The van der Waals surface area contributed by atoms with Crippen LogP contribution in [0.5, 0.6) is 0 Å². The number of para-hydroxylation sites is 1. The van der Waals surface area contributed by atoms with Gasteiger partial charge in [-0.25, -0.2) is 0 Å². The summed E-state index contributed by atoms with van der Waals surface area (Å²) in [5.41, 5.74) is 2.16. The van der Waals surface area contributed by atoms with Gasteiger partial charge in [-0.05, 0) is 12.1 Å². The summed E-state index contributed by atoms with van der Waals surface area (Å²) in [6.07, 6.45) is 0.288. The first-order valence-corrected chi connectivity index (χ1v) is 9.56. The predicted molar refractivity (Wildman–Crippen MR) is 102 cm³/mol. The van der Waals surface area contributed by atoms with E-state index >= 15 is 0 Å². The highest BCUT2D eigenvalue weighted by Crippen LogP contribution is 2.34. The molecule has 0 unspecified atom stereocenters. The minimum absolute atomic E-state index is 0.0344. The Morgan fingerprint density at radius 2 is 2.12 bits per heavy atom. The van der Waals surface area contributed by atoms with Crippen molar-refractivity contribution in [3.63, 3.8) is 0 Å². The number of ether oxygens (including phenoxy) is 1. The zero-order chi connectivity index (χ0) is 18.1. The summed E-state index contributed by atoms with van der Waals surface area (Å²) in [5, 5.41) is 4.25. The average molecular weight is 353 g/mol. The van der Waals surface area contributed by atoms with Crippen LogP contribution < -0.4 is 5.32 Å². The Labute approximate surface area is 154 Å². The van der Waals surface area contributed by atoms with Crippen LogP contribution in [0.15, 0.2) is 36.4 Å². The fourth-order valence-corrected chi connectivity index (χ4v) is 4.08. The van der Waals surface area contributed by atoms with Gasteiger partial charge >= 0.3 is 0 Å². The van der Waals surface area contributed by atoms with Crippen molar-refractivity contribution in [2.45, 2.75) is 26.5 Å². The van der Waals surface area contributed by atoms with Crippen LogP contribution >= 0.6 is 0 Å². The Morgan fingerprint density at radius 1 is 1.27 bits per heavy atom. The van der Waals surface area contributed by atoms with Crippen LogP contribution in [-0.2, 0) is 16.1 Å². The monoisotopic (exact) mass is 353 g/mol. The minimum Gasteiger partial charge on any atom is -0.376 e. The average Bonchev–Trinajstić information content (AvgIpc) is 3.20. The highest BCUT2D eigenvalue weighted by Gasteiger charge is 2.43. The molecule has 2 aromatic rings. The van der Waals surface area contributed by atoms with Crippen LogP contribution in [0.2, 0.25) is 0 Å². The van der Waals surface area contributed by atoms with Crippen molar-refractivity contribution in [3.8, 4) is 0 Å². The lowest BCUT2D eigenvalue weighted by molar-refractivity contribution is -0.124. The van der Waals surface area contributed by atoms with E-state index < -0.39 is 0 Å². The quantitative estimate of drug-likeness (QED) is 0.897. The number of hydrogen-bond acceptors (Lipinski definition) is 4. The molecule has 2 saturated heterocycles. The van der Waals surface area contributed by atoms with Gasteiger partial charge in [0.15, 0.2) is 0 Å². The first-order chi connectivity index (χ1) is 12.6. The van der Waals surface area contributed by atoms with Gasteiger partial charge in [-0.2, -0.15) is 0 Å². The fourth-order valence-electron chi connectivity index (χ4n) is 4.08. The van der Waals surface area contributed by atoms with Gasteiger partial charge in [0.2, 0.25) is 5.91 Å². The van der Waals surface area contributed by atoms with Crippen molar-refractivity contribution >= 4 is 16.8 Å². The van der Waals surface area contributed by atoms with Gasteiger partial charge in [0.1, 0.15) is 0 Å². The standard InChI is InChI=1S/C21H27N3O2/c1-14(2)21(25)22-9-16-13-26-20-12-24(11-18(16)20)10-17-8-7-15-5-3-4-6-19(15)23-17/h3-8,14,16,18,20H,9-13H2,1-2H3,(H,22,25)/t16-,18+,20+/m1/s1. The molecule has 5 heteroatoms. The molecular weight excluding hydrogens is 326 g/mol. The zero-order valence-electron chi connectivity index (χ0n) is 15.5. The van der Waals surface area contributed by atoms with Crippen molar-refractivity contribution < 1.29 is 9.53 Å². The molecule has 2 fully saturated rings. The SMILES string of the molecule is CC(C)C(=O)NC[C@@H]1CO[C@H]2CN(Cc3ccc4ccccc4n3)C[C@@H]12. The van der Waals surface area contributed by atoms with E-state index in [0.717, 1.165) is 44.0 Å². The maximum absolute atomic E-state index is 11.8. The first-order valence-electron chi connectivity index (χ1n) is 9.56. The molecule has 1 N–H and O–H groups in total. The molecule has 2 aliphatic rings. The molecule has 0 bridgehead atoms. The second kappa shape index (κ2) is 7.33. The number of carbonyl (C=O) groups excluding carboxylic acids is 1. The summed E-state index contributed by atoms with van der Waals surface area (Å²) in [7, 11) is 0. The Kier molecular flexibility index (Phi) is 4.92. The number of nitrogens with zero attached hydrogens (tertiary/aromatic N) is 2. The summed E-state index contributed by atoms with van der Waals surface area (Å²) in [4.78, 5) is 19.1. The van der Waals surface area contributed by atoms with Crippen LogP contribution in [0.3, 0.4) is 0 Å². The van der Waals surface area contributed by atoms with Gasteiger partial charge in [-0.3, -0.25) is 14.7 Å². The van der Waals surface area contributed by atoms with Gasteiger partial charge in [-0.1, -0.05) is 38.1 Å². The summed E-state index contributed by atoms with van der Waals surface area (Å²) in [6, 6.07) is 12.5. The van der Waals surface area contributed by atoms with E-state index in [9.17, 15) is 4.79 Å². The van der Waals surface area contributed by atoms with Crippen molar-refractivity contribution in [1.82, 2.24) is 15.2 Å². The molecule has 26 heavy (non-hydrogen) atoms. The van der Waals surface area contributed by atoms with E-state index in [1.54, 1.807) is 0 Å². The van der Waals surface area contributed by atoms with Crippen LogP contribution in [0, 0.1) is 17.8 Å². The third kappa shape index (κ3) is 3.60. The number of benzene rings is 1. The molecule has 3 heterocycles. The predicted octanol–water partition coefficient (Wildman–Crippen LogP) is 2.45. The number of amides is 1. The molecule has 0 saturated carbocycles. The largest absolute Gasteiger partial charge is 0.376 e. The number of fused-ring (bicyclic) bond motifs is 2. The third-order valence-electron chi connectivity index (χ3n) is 5.62. The summed E-state index contributed by atoms with van der Waals surface area (Å²) in [5.74, 6) is 1.08. The van der Waals surface area contributed by atoms with E-state index in [2.05, 4.69) is 34.5 Å². The number of rotatable bonds is 5. The van der Waals surface area contributed by atoms with Gasteiger partial charge in [0.05, 0.1) is 23.9 Å². The Morgan fingerprint density at radius 3 is 2.96 bits per heavy atom. The molecular formula is C21H27N3O2. The summed E-state index contributed by atoms with van der Waals surface area (Å²) < 4.78 is 6.01. The lowest BCUT2D eigenvalue weighted by Crippen LogP contribution is -2.36. The number of carbonyl (C=O) groups is 1. The van der Waals surface area contributed by atoms with Crippen LogP contribution in [0.4, 0.5) is 0 Å². The maximum Gasteiger partial charge on any atom is 0.222 e. The number of hydrogen-bond donors (Lipinski definition) is 1. The van der Waals surface area contributed by atoms with Gasteiger partial charge in [-0.15, -0.1) is 0 Å². The van der Waals surface area contributed by atoms with Crippen LogP contribution in [0.1, 0.15) is 19.5 Å². The highest BCUT2D eigenvalue weighted by molar-refractivity contribution is 5.78. The first kappa shape index (κ1) is 17.4. The van der Waals surface area contributed by atoms with Gasteiger partial charge in [0, 0.05) is 49.3 Å². The Balaban J connectivity index is 1.36. The lowest BCUT2D eigenvalue weighted by Gasteiger charge is -2.20. The number of nitrogens with one attached hydrogen (secondary N) is 1. The van der Waals surface area contributed by atoms with E-state index in [1.165, 1.54) is 5.39 Å². The van der Waals surface area contributed by atoms with Crippen molar-refractivity contribution in [3.05, 3.63) is 42.1 Å². The minimum atomic E-state index is 0.0344. The Hall–Kier alpha value is -1.98. The smallest absolute Gasteiger partial charge is 0.222 e. The van der Waals surface area contributed by atoms with Gasteiger partial charge < -0.3 is 10.1 Å². The van der Waals surface area contributed by atoms with Crippen molar-refractivity contribution in [2.75, 3.05) is 26.2 Å². The fraction of sp³-hybridized carbons (Fsp3) is 0.524. The second-order valence-electron chi connectivity index (χ2n) is 7.88. The van der Waals surface area contributed by atoms with Crippen LogP contribution in [0.25, 0.3) is 10.9 Å². The zero-order valence-corrected chi connectivity index (χ0v) is 15.5. The number of likely N-dealkylation sites (tertiary alicyclic amines) is 1. The molecule has 3 atom stereocenters. The molecule has 0 radical (unpaired) electrons. The molecule has 1 amide bonds. The molecule has 0 aliphatic carbocycles. The van der Waals surface area contributed by atoms with Crippen LogP contribution in [-0.4, -0.2) is 48.1 Å². The molecule has 1 aromatic carbocycles. The van der Waals surface area contributed by atoms with E-state index in [1.807, 2.05) is 26.0 Å². The number of pyridine rings is 1. The third-order valence-corrected chi connectivity index (χ3v) is 5.62. The number of aromatic nitrogens is 1. The molecule has 2 aliphatic heterocycles. The molecule has 138 valence electrons. The topological polar surface area (TPSA) is 54.5 Å². The Bertz CT molecular complexity index is 792. The molecule has 5 nitrogen and oxygen atoms in total. The summed E-state index contributed by atoms with van der Waals surface area (Å²) in [6.45, 7) is 8.16. The van der Waals surface area contributed by atoms with Crippen molar-refractivity contribution in [2.24, 2.45) is 17.8 Å². The lowest BCUT2D eigenvalue weighted by atomic mass is 9.93. The van der Waals surface area contributed by atoms with E-state index in [-0.39, 0.29) is 17.9 Å². The van der Waals surface area contributed by atoms with E-state index in [0.29, 0.717) is 11.8 Å². The second-order valence-corrected chi connectivity index (χ2v) is 7.88. The van der Waals surface area contributed by atoms with Gasteiger partial charge in [0.25, 0.3) is 0 Å². The molecule has 1 aromatic heterocycles. The maximum atomic E-state index is 11.8. The van der Waals surface area contributed by atoms with E-state index in [4.69, 9.17) is 9.72 Å². The summed E-state index contributed by atoms with van der Waals surface area (Å²) >= 11 is 0. The molecule has 4 rings (SSSR count). The normalized spacial score (nSPS) is 25.7. The highest BCUT2D eigenvalue weighted by atomic mass is 16.5. The van der Waals surface area contributed by atoms with Crippen molar-refractivity contribution in [1.29, 1.82) is 0 Å².